The second-order valence-corrected chi connectivity index (χ2v) is 6.64. The van der Waals surface area contributed by atoms with Crippen LogP contribution < -0.4 is 5.32 Å². The van der Waals surface area contributed by atoms with Crippen molar-refractivity contribution in [1.82, 2.24) is 10.3 Å². The van der Waals surface area contributed by atoms with E-state index in [0.717, 1.165) is 0 Å². The molecule has 5 unspecified atom stereocenters. The molecule has 1 aromatic heterocycles. The molecule has 1 aliphatic rings. The zero-order chi connectivity index (χ0) is 17.5. The van der Waals surface area contributed by atoms with E-state index in [1.54, 1.807) is 6.92 Å². The number of aromatic amines is 1. The number of hydrogen-bond acceptors (Lipinski definition) is 5. The molecule has 2 rings (SSSR count). The Hall–Kier alpha value is -0.830. The van der Waals surface area contributed by atoms with E-state index in [9.17, 15) is 20.1 Å². The molecule has 0 bridgehead atoms. The number of carbonyl (C=O) groups excluding carboxylic acids is 1. The van der Waals surface area contributed by atoms with Crippen molar-refractivity contribution in [3.63, 3.8) is 0 Å². The molecule has 23 heavy (non-hydrogen) atoms. The van der Waals surface area contributed by atoms with Crippen LogP contribution in [0.5, 0.6) is 0 Å². The van der Waals surface area contributed by atoms with Crippen LogP contribution >= 0.6 is 23.2 Å². The van der Waals surface area contributed by atoms with Crippen LogP contribution in [-0.4, -0.2) is 56.4 Å². The standard InChI is InChI=1S/C14H20Cl2N2O5/c1-5-9(15)10(16)11(17-5)13(21)18-7(3)14(22)4-8(19)23-6(2)12(14)20/h6-8,12,17,19-20,22H,4H2,1-3H3,(H,18,21). The van der Waals surface area contributed by atoms with E-state index in [4.69, 9.17) is 27.9 Å². The first-order chi connectivity index (χ1) is 10.6. The second kappa shape index (κ2) is 6.58. The van der Waals surface area contributed by atoms with Gasteiger partial charge >= 0.3 is 0 Å². The predicted octanol–water partition coefficient (Wildman–Crippen LogP) is 0.967. The molecule has 0 aliphatic carbocycles. The van der Waals surface area contributed by atoms with Crippen LogP contribution in [0.1, 0.15) is 36.5 Å². The molecule has 1 aliphatic heterocycles. The van der Waals surface area contributed by atoms with Crippen molar-refractivity contribution in [2.75, 3.05) is 0 Å². The van der Waals surface area contributed by atoms with Gasteiger partial charge in [0.25, 0.3) is 5.91 Å². The molecule has 0 saturated carbocycles. The number of aryl methyl sites for hydroxylation is 1. The van der Waals surface area contributed by atoms with Crippen LogP contribution in [0.25, 0.3) is 0 Å². The van der Waals surface area contributed by atoms with Crippen LogP contribution in [0.15, 0.2) is 0 Å². The van der Waals surface area contributed by atoms with Crippen molar-refractivity contribution in [3.05, 3.63) is 21.4 Å². The summed E-state index contributed by atoms with van der Waals surface area (Å²) in [4.78, 5) is 15.1. The molecule has 7 nitrogen and oxygen atoms in total. The lowest BCUT2D eigenvalue weighted by Gasteiger charge is -2.45. The van der Waals surface area contributed by atoms with Gasteiger partial charge in [0.1, 0.15) is 17.4 Å². The zero-order valence-corrected chi connectivity index (χ0v) is 14.4. The molecular weight excluding hydrogens is 347 g/mol. The van der Waals surface area contributed by atoms with Crippen molar-refractivity contribution < 1.29 is 24.9 Å². The minimum atomic E-state index is -1.75. The lowest BCUT2D eigenvalue weighted by molar-refractivity contribution is -0.267. The summed E-state index contributed by atoms with van der Waals surface area (Å²) in [6.07, 6.45) is -3.53. The molecule has 0 aromatic carbocycles. The third-order valence-corrected chi connectivity index (χ3v) is 5.16. The summed E-state index contributed by atoms with van der Waals surface area (Å²) in [6.45, 7) is 4.72. The third-order valence-electron chi connectivity index (χ3n) is 4.21. The van der Waals surface area contributed by atoms with E-state index in [2.05, 4.69) is 10.3 Å². The zero-order valence-electron chi connectivity index (χ0n) is 12.9. The van der Waals surface area contributed by atoms with Gasteiger partial charge in [0.2, 0.25) is 0 Å². The van der Waals surface area contributed by atoms with Gasteiger partial charge in [-0.05, 0) is 20.8 Å². The molecule has 1 amide bonds. The number of rotatable bonds is 3. The van der Waals surface area contributed by atoms with Crippen LogP contribution in [0.2, 0.25) is 10.0 Å². The first-order valence-electron chi connectivity index (χ1n) is 7.16. The van der Waals surface area contributed by atoms with Gasteiger partial charge in [-0.3, -0.25) is 4.79 Å². The van der Waals surface area contributed by atoms with Crippen LogP contribution in [0, 0.1) is 6.92 Å². The summed E-state index contributed by atoms with van der Waals surface area (Å²) in [5, 5.41) is 33.4. The predicted molar refractivity (Wildman–Crippen MR) is 84.6 cm³/mol. The van der Waals surface area contributed by atoms with Gasteiger partial charge in [-0.15, -0.1) is 0 Å². The number of nitrogens with one attached hydrogen (secondary N) is 2. The van der Waals surface area contributed by atoms with Gasteiger partial charge in [0.15, 0.2) is 6.29 Å². The van der Waals surface area contributed by atoms with E-state index < -0.39 is 36.0 Å². The molecular formula is C14H20Cl2N2O5. The number of aliphatic hydroxyl groups is 3. The maximum absolute atomic E-state index is 12.3. The Morgan fingerprint density at radius 2 is 2.04 bits per heavy atom. The van der Waals surface area contributed by atoms with Crippen molar-refractivity contribution in [1.29, 1.82) is 0 Å². The molecule has 0 radical (unpaired) electrons. The fourth-order valence-corrected chi connectivity index (χ4v) is 3.15. The van der Waals surface area contributed by atoms with Crippen LogP contribution in [-0.2, 0) is 4.74 Å². The summed E-state index contributed by atoms with van der Waals surface area (Å²) in [7, 11) is 0. The van der Waals surface area contributed by atoms with Gasteiger partial charge in [0.05, 0.1) is 22.2 Å². The number of carbonyl (C=O) groups is 1. The van der Waals surface area contributed by atoms with Crippen LogP contribution in [0.4, 0.5) is 0 Å². The Balaban J connectivity index is 2.18. The van der Waals surface area contributed by atoms with E-state index in [1.165, 1.54) is 13.8 Å². The summed E-state index contributed by atoms with van der Waals surface area (Å²) in [5.41, 5.74) is -1.13. The molecule has 1 aromatic rings. The lowest BCUT2D eigenvalue weighted by Crippen LogP contribution is -2.65. The lowest BCUT2D eigenvalue weighted by atomic mass is 9.81. The van der Waals surface area contributed by atoms with Crippen molar-refractivity contribution in [2.24, 2.45) is 0 Å². The quantitative estimate of drug-likeness (QED) is 0.546. The summed E-state index contributed by atoms with van der Waals surface area (Å²) in [6, 6.07) is -0.871. The highest BCUT2D eigenvalue weighted by Gasteiger charge is 2.50. The van der Waals surface area contributed by atoms with Crippen molar-refractivity contribution >= 4 is 29.1 Å². The first kappa shape index (κ1) is 18.5. The highest BCUT2D eigenvalue weighted by atomic mass is 35.5. The largest absolute Gasteiger partial charge is 0.387 e. The molecule has 130 valence electrons. The van der Waals surface area contributed by atoms with E-state index in [1.807, 2.05) is 0 Å². The van der Waals surface area contributed by atoms with Gasteiger partial charge in [0, 0.05) is 12.1 Å². The third kappa shape index (κ3) is 3.35. The maximum Gasteiger partial charge on any atom is 0.269 e. The average Bonchev–Trinajstić information content (AvgIpc) is 2.72. The first-order valence-corrected chi connectivity index (χ1v) is 7.92. The number of halogens is 2. The SMILES string of the molecule is Cc1[nH]c(C(=O)NC(C)C2(O)CC(O)OC(C)C2O)c(Cl)c1Cl. The molecule has 1 saturated heterocycles. The van der Waals surface area contributed by atoms with Gasteiger partial charge in [-0.2, -0.15) is 0 Å². The molecule has 2 heterocycles. The summed E-state index contributed by atoms with van der Waals surface area (Å²) >= 11 is 11.9. The summed E-state index contributed by atoms with van der Waals surface area (Å²) in [5.74, 6) is -0.577. The Labute approximate surface area is 143 Å². The number of aromatic nitrogens is 1. The Kier molecular flexibility index (Phi) is 5.30. The minimum absolute atomic E-state index is 0.0692. The van der Waals surface area contributed by atoms with Gasteiger partial charge in [-0.1, -0.05) is 23.2 Å². The van der Waals surface area contributed by atoms with Crippen LogP contribution in [0.3, 0.4) is 0 Å². The Bertz CT molecular complexity index is 608. The highest BCUT2D eigenvalue weighted by Crippen LogP contribution is 2.32. The topological polar surface area (TPSA) is 115 Å². The van der Waals surface area contributed by atoms with Gasteiger partial charge < -0.3 is 30.4 Å². The van der Waals surface area contributed by atoms with E-state index >= 15 is 0 Å². The normalized spacial score (nSPS) is 32.6. The Morgan fingerprint density at radius 1 is 1.43 bits per heavy atom. The number of amides is 1. The second-order valence-electron chi connectivity index (χ2n) is 5.88. The fourth-order valence-electron chi connectivity index (χ4n) is 2.73. The number of aliphatic hydroxyl groups excluding tert-OH is 2. The molecule has 9 heteroatoms. The fraction of sp³-hybridized carbons (Fsp3) is 0.643. The number of hydrogen-bond donors (Lipinski definition) is 5. The molecule has 0 spiro atoms. The van der Waals surface area contributed by atoms with E-state index in [0.29, 0.717) is 5.69 Å². The van der Waals surface area contributed by atoms with E-state index in [-0.39, 0.29) is 22.2 Å². The van der Waals surface area contributed by atoms with Crippen molar-refractivity contribution in [2.45, 2.75) is 57.3 Å². The summed E-state index contributed by atoms with van der Waals surface area (Å²) < 4.78 is 5.06. The number of ether oxygens (including phenoxy) is 1. The highest BCUT2D eigenvalue weighted by molar-refractivity contribution is 6.44. The number of H-pyrrole nitrogens is 1. The minimum Gasteiger partial charge on any atom is -0.387 e. The molecule has 5 atom stereocenters. The van der Waals surface area contributed by atoms with Gasteiger partial charge in [-0.25, -0.2) is 0 Å². The van der Waals surface area contributed by atoms with Crippen molar-refractivity contribution in [3.8, 4) is 0 Å². The Morgan fingerprint density at radius 3 is 2.57 bits per heavy atom. The average molecular weight is 367 g/mol. The molecule has 1 fully saturated rings. The maximum atomic E-state index is 12.3. The monoisotopic (exact) mass is 366 g/mol. The smallest absolute Gasteiger partial charge is 0.269 e. The molecule has 5 N–H and O–H groups in total.